The van der Waals surface area contributed by atoms with E-state index in [1.54, 1.807) is 19.3 Å². The van der Waals surface area contributed by atoms with E-state index < -0.39 is 0 Å². The summed E-state index contributed by atoms with van der Waals surface area (Å²) in [5, 5.41) is 0. The Morgan fingerprint density at radius 1 is 0.522 bits per heavy atom. The number of hydrogen-bond acceptors (Lipinski definition) is 0. The van der Waals surface area contributed by atoms with E-state index in [4.69, 9.17) is 0 Å². The van der Waals surface area contributed by atoms with Crippen LogP contribution in [0.2, 0.25) is 0 Å². The van der Waals surface area contributed by atoms with Crippen molar-refractivity contribution in [1.82, 2.24) is 0 Å². The Labute approximate surface area is 430 Å². The lowest BCUT2D eigenvalue weighted by atomic mass is 9.65. The van der Waals surface area contributed by atoms with Gasteiger partial charge in [-0.05, 0) is 198 Å². The van der Waals surface area contributed by atoms with Crippen molar-refractivity contribution >= 4 is 0 Å². The Bertz CT molecular complexity index is 1160. The molecule has 0 N–H and O–H groups in total. The fourth-order valence-electron chi connectivity index (χ4n) is 9.32. The highest BCUT2D eigenvalue weighted by Crippen LogP contribution is 2.60. The highest BCUT2D eigenvalue weighted by Gasteiger charge is 2.49. The molecular weight excluding hydrogens is 805 g/mol. The van der Waals surface area contributed by atoms with E-state index in [1.807, 2.05) is 0 Å². The molecule has 0 spiro atoms. The zero-order chi connectivity index (χ0) is 53.3. The minimum Gasteiger partial charge on any atom is -0.0651 e. The lowest BCUT2D eigenvalue weighted by molar-refractivity contribution is 0.111. The molecule has 7 saturated carbocycles. The van der Waals surface area contributed by atoms with Crippen LogP contribution < -0.4 is 0 Å². The maximum Gasteiger partial charge on any atom is -0.0297 e. The van der Waals surface area contributed by atoms with Gasteiger partial charge in [0.25, 0.3) is 0 Å². The van der Waals surface area contributed by atoms with Gasteiger partial charge in [0, 0.05) is 0 Å². The van der Waals surface area contributed by atoms with Crippen LogP contribution in [0.25, 0.3) is 0 Å². The van der Waals surface area contributed by atoms with E-state index in [-0.39, 0.29) is 0 Å². The SMILES string of the molecule is CC(C)(C)C(C)(C)C.CC(C)C(C)C(C)C.CC1(C2CC2)CC1.CC1CC(C)(C)C1.CC1CC(C)C1C.CCC(C)(C)C(C)C.CCC(C)C(C)(C)C.CCC1CC(C)C1.C[C@H]1CC1C1CC1. The fourth-order valence-corrected chi connectivity index (χ4v) is 9.32. The molecule has 0 radical (unpaired) electrons. The van der Waals surface area contributed by atoms with Crippen LogP contribution in [0.15, 0.2) is 0 Å². The van der Waals surface area contributed by atoms with Crippen LogP contribution in [0.5, 0.6) is 0 Å². The van der Waals surface area contributed by atoms with Crippen LogP contribution in [0.1, 0.15) is 311 Å². The summed E-state index contributed by atoms with van der Waals surface area (Å²) in [6.45, 7) is 71.4. The molecule has 0 saturated heterocycles. The van der Waals surface area contributed by atoms with E-state index in [0.29, 0.717) is 27.1 Å². The van der Waals surface area contributed by atoms with Gasteiger partial charge in [0.1, 0.15) is 0 Å². The Hall–Kier alpha value is 0. The van der Waals surface area contributed by atoms with Crippen molar-refractivity contribution in [2.75, 3.05) is 0 Å². The first-order valence-electron chi connectivity index (χ1n) is 30.1. The summed E-state index contributed by atoms with van der Waals surface area (Å²) in [7, 11) is 0. The van der Waals surface area contributed by atoms with Crippen LogP contribution >= 0.6 is 0 Å². The Morgan fingerprint density at radius 3 is 0.970 bits per heavy atom. The molecule has 5 atom stereocenters. The van der Waals surface area contributed by atoms with Crippen molar-refractivity contribution in [2.24, 2.45) is 121 Å². The van der Waals surface area contributed by atoms with E-state index in [0.717, 1.165) is 82.3 Å². The molecular formula is C67H138. The van der Waals surface area contributed by atoms with Crippen LogP contribution in [0, 0.1) is 121 Å². The summed E-state index contributed by atoms with van der Waals surface area (Å²) >= 11 is 0. The van der Waals surface area contributed by atoms with E-state index in [9.17, 15) is 0 Å². The summed E-state index contributed by atoms with van der Waals surface area (Å²) < 4.78 is 0. The summed E-state index contributed by atoms with van der Waals surface area (Å²) in [5.74, 6) is 15.0. The largest absolute Gasteiger partial charge is 0.0651 e. The predicted molar refractivity (Wildman–Crippen MR) is 312 cm³/mol. The lowest BCUT2D eigenvalue weighted by Crippen LogP contribution is -2.29. The highest BCUT2D eigenvalue weighted by atomic mass is 14.5. The van der Waals surface area contributed by atoms with E-state index in [2.05, 4.69) is 215 Å². The molecule has 67 heavy (non-hydrogen) atoms. The molecule has 0 aromatic carbocycles. The maximum atomic E-state index is 2.44. The van der Waals surface area contributed by atoms with Crippen LogP contribution in [-0.4, -0.2) is 0 Å². The molecule has 0 bridgehead atoms. The van der Waals surface area contributed by atoms with Crippen molar-refractivity contribution in [2.45, 2.75) is 311 Å². The van der Waals surface area contributed by atoms with Crippen molar-refractivity contribution in [3.05, 3.63) is 0 Å². The van der Waals surface area contributed by atoms with Gasteiger partial charge >= 0.3 is 0 Å². The zero-order valence-corrected chi connectivity index (χ0v) is 53.3. The molecule has 0 heterocycles. The third-order valence-electron chi connectivity index (χ3n) is 20.3. The Morgan fingerprint density at radius 2 is 0.925 bits per heavy atom. The van der Waals surface area contributed by atoms with Gasteiger partial charge in [0.05, 0.1) is 0 Å². The molecule has 0 heteroatoms. The molecule has 406 valence electrons. The highest BCUT2D eigenvalue weighted by molar-refractivity contribution is 5.00. The van der Waals surface area contributed by atoms with Crippen LogP contribution in [-0.2, 0) is 0 Å². The molecule has 0 nitrogen and oxygen atoms in total. The summed E-state index contributed by atoms with van der Waals surface area (Å²) in [5.41, 5.74) is 3.48. The average Bonchev–Trinajstić information content (AvgIpc) is 3.96. The fraction of sp³-hybridized carbons (Fsp3) is 1.00. The maximum absolute atomic E-state index is 2.44. The second-order valence-electron chi connectivity index (χ2n) is 31.2. The van der Waals surface area contributed by atoms with Crippen molar-refractivity contribution < 1.29 is 0 Å². The molecule has 7 fully saturated rings. The van der Waals surface area contributed by atoms with Crippen molar-refractivity contribution in [3.8, 4) is 0 Å². The van der Waals surface area contributed by atoms with E-state index in [1.165, 1.54) is 88.9 Å². The van der Waals surface area contributed by atoms with Crippen LogP contribution in [0.3, 0.4) is 0 Å². The third kappa shape index (κ3) is 31.3. The Balaban J connectivity index is 0. The first kappa shape index (κ1) is 69.1. The predicted octanol–water partition coefficient (Wildman–Crippen LogP) is 23.6. The second kappa shape index (κ2) is 30.3. The van der Waals surface area contributed by atoms with Gasteiger partial charge in [0.2, 0.25) is 0 Å². The lowest BCUT2D eigenvalue weighted by Gasteiger charge is -2.40. The van der Waals surface area contributed by atoms with Gasteiger partial charge in [-0.3, -0.25) is 0 Å². The summed E-state index contributed by atoms with van der Waals surface area (Å²) in [6, 6.07) is 0. The normalized spacial score (nSPS) is 28.1. The van der Waals surface area contributed by atoms with Gasteiger partial charge in [-0.2, -0.15) is 0 Å². The summed E-state index contributed by atoms with van der Waals surface area (Å²) in [6.07, 6.45) is 22.1. The molecule has 4 unspecified atom stereocenters. The molecule has 0 aromatic heterocycles. The molecule has 7 aliphatic rings. The minimum atomic E-state index is 0.437. The minimum absolute atomic E-state index is 0.437. The third-order valence-corrected chi connectivity index (χ3v) is 20.3. The van der Waals surface area contributed by atoms with Gasteiger partial charge < -0.3 is 0 Å². The van der Waals surface area contributed by atoms with Crippen LogP contribution in [0.4, 0.5) is 0 Å². The first-order chi connectivity index (χ1) is 30.1. The zero-order valence-electron chi connectivity index (χ0n) is 53.3. The molecule has 0 aromatic rings. The first-order valence-corrected chi connectivity index (χ1v) is 30.1. The standard InChI is InChI=1S/4C8H18.2C7H12.3C7H14/c1-7(2,3)8(4,5)6;1-6-7(2)8(3,4)5;1-6-8(4,5)7(2)3;1-6(2)8(5)7(3)4;1-7(4-5-7)6-2-3-6;1-5-4-7(5)6-2-3-6;1-6-4-7(2,3)5-6;1-5-4-6(2)7(5)3;1-3-7-4-6(2)5-7/h1-6H3;2*7H,6H2,1-5H3;6-8H,1-5H3;6H,2-5H2,1H3;5-7H,2-4H2,1H3;6H,4-5H2,1-3H3;5-7H,4H2,1-3H3;6-7H,3-5H2,1-2H3/t;;;;;5-,7?;;;/m.....0.../s1. The van der Waals surface area contributed by atoms with E-state index >= 15 is 0 Å². The van der Waals surface area contributed by atoms with Crippen molar-refractivity contribution in [3.63, 3.8) is 0 Å². The van der Waals surface area contributed by atoms with Crippen molar-refractivity contribution in [1.29, 1.82) is 0 Å². The smallest absolute Gasteiger partial charge is 0.0297 e. The number of hydrogen-bond donors (Lipinski definition) is 0. The monoisotopic (exact) mass is 943 g/mol. The van der Waals surface area contributed by atoms with Gasteiger partial charge in [0.15, 0.2) is 0 Å². The topological polar surface area (TPSA) is 0 Å². The second-order valence-corrected chi connectivity index (χ2v) is 31.2. The molecule has 7 rings (SSSR count). The summed E-state index contributed by atoms with van der Waals surface area (Å²) in [4.78, 5) is 0. The molecule has 0 aliphatic heterocycles. The van der Waals surface area contributed by atoms with Gasteiger partial charge in [-0.25, -0.2) is 0 Å². The van der Waals surface area contributed by atoms with Gasteiger partial charge in [-0.15, -0.1) is 0 Å². The molecule has 0 amide bonds. The quantitative estimate of drug-likeness (QED) is 0.227. The molecule has 7 aliphatic carbocycles. The van der Waals surface area contributed by atoms with Gasteiger partial charge in [-0.1, -0.05) is 234 Å². The number of rotatable bonds is 8. The average molecular weight is 944 g/mol. The Kier molecular flexibility index (Phi) is 31.2.